The second-order valence-electron chi connectivity index (χ2n) is 8.79. The largest absolute Gasteiger partial charge is 0.394 e. The number of hydrogen-bond donors (Lipinski definition) is 11. The van der Waals surface area contributed by atoms with Gasteiger partial charge in [0.25, 0.3) is 0 Å². The van der Waals surface area contributed by atoms with Crippen LogP contribution in [0.25, 0.3) is 0 Å². The van der Waals surface area contributed by atoms with Gasteiger partial charge in [0.1, 0.15) is 61.0 Å². The molecule has 0 radical (unpaired) electrons. The van der Waals surface area contributed by atoms with Crippen molar-refractivity contribution in [2.24, 2.45) is 22.9 Å². The lowest BCUT2D eigenvalue weighted by atomic mass is 9.84. The minimum atomic E-state index is -1.66. The van der Waals surface area contributed by atoms with Gasteiger partial charge < -0.3 is 77.6 Å². The van der Waals surface area contributed by atoms with Crippen molar-refractivity contribution in [3.05, 3.63) is 0 Å². The average Bonchev–Trinajstić information content (AvgIpc) is 2.79. The molecule has 0 aromatic heterocycles. The van der Waals surface area contributed by atoms with Crippen LogP contribution >= 0.6 is 0 Å². The van der Waals surface area contributed by atoms with Gasteiger partial charge in [0, 0.05) is 18.6 Å². The fourth-order valence-electron chi connectivity index (χ4n) is 4.40. The summed E-state index contributed by atoms with van der Waals surface area (Å²) in [5, 5.41) is 70.9. The highest BCUT2D eigenvalue weighted by Crippen LogP contribution is 2.31. The molecule has 2 saturated heterocycles. The van der Waals surface area contributed by atoms with E-state index in [1.807, 2.05) is 0 Å². The highest BCUT2D eigenvalue weighted by atomic mass is 16.7. The molecule has 2 heterocycles. The van der Waals surface area contributed by atoms with Gasteiger partial charge in [-0.1, -0.05) is 0 Å². The zero-order valence-electron chi connectivity index (χ0n) is 17.9. The first-order chi connectivity index (χ1) is 15.5. The predicted molar refractivity (Wildman–Crippen MR) is 108 cm³/mol. The zero-order valence-corrected chi connectivity index (χ0v) is 17.9. The second kappa shape index (κ2) is 11.0. The van der Waals surface area contributed by atoms with E-state index in [1.165, 1.54) is 0 Å². The molecule has 0 bridgehead atoms. The molecule has 15 atom stereocenters. The molecule has 0 aromatic rings. The standard InChI is InChI=1S/C18H36N4O11/c19-2-6-10(25)12(27)13(28)18(30-6)33-16-5(21)1-4(20)15(14(16)29)32-17-11(26)8(22)9(24)7(3-23)31-17/h4-18,23-29H,1-3,19-22H2/t4-,5+,6+,7+,8-,9+,10+,11+,12-,13+,14-,15+,16-,17+,18?/m0/s1. The minimum absolute atomic E-state index is 0.0849. The van der Waals surface area contributed by atoms with E-state index in [4.69, 9.17) is 41.9 Å². The molecule has 2 aliphatic heterocycles. The predicted octanol–water partition coefficient (Wildman–Crippen LogP) is -7.29. The summed E-state index contributed by atoms with van der Waals surface area (Å²) in [6.45, 7) is -0.763. The van der Waals surface area contributed by atoms with Gasteiger partial charge in [0.05, 0.1) is 12.6 Å². The lowest BCUT2D eigenvalue weighted by molar-refractivity contribution is -0.332. The number of nitrogens with two attached hydrogens (primary N) is 4. The molecule has 1 saturated carbocycles. The Balaban J connectivity index is 1.72. The summed E-state index contributed by atoms with van der Waals surface area (Å²) in [6.07, 6.45) is -16.5. The molecule has 15 heteroatoms. The van der Waals surface area contributed by atoms with Crippen LogP contribution in [-0.2, 0) is 18.9 Å². The quantitative estimate of drug-likeness (QED) is 0.167. The fraction of sp³-hybridized carbons (Fsp3) is 1.00. The van der Waals surface area contributed by atoms with Crippen LogP contribution in [0.1, 0.15) is 6.42 Å². The Kier molecular flexibility index (Phi) is 8.99. The van der Waals surface area contributed by atoms with E-state index in [2.05, 4.69) is 0 Å². The molecule has 3 aliphatic rings. The van der Waals surface area contributed by atoms with Crippen molar-refractivity contribution < 1.29 is 54.7 Å². The van der Waals surface area contributed by atoms with Crippen molar-refractivity contribution in [1.29, 1.82) is 0 Å². The van der Waals surface area contributed by atoms with Crippen LogP contribution in [-0.4, -0.2) is 141 Å². The van der Waals surface area contributed by atoms with E-state index in [-0.39, 0.29) is 13.0 Å². The minimum Gasteiger partial charge on any atom is -0.394 e. The van der Waals surface area contributed by atoms with Crippen LogP contribution in [0.3, 0.4) is 0 Å². The Morgan fingerprint density at radius 1 is 0.667 bits per heavy atom. The molecule has 194 valence electrons. The summed E-state index contributed by atoms with van der Waals surface area (Å²) < 4.78 is 22.2. The summed E-state index contributed by atoms with van der Waals surface area (Å²) in [6, 6.07) is -2.86. The third-order valence-corrected chi connectivity index (χ3v) is 6.48. The summed E-state index contributed by atoms with van der Waals surface area (Å²) >= 11 is 0. The molecule has 1 aliphatic carbocycles. The van der Waals surface area contributed by atoms with Gasteiger partial charge in [-0.15, -0.1) is 0 Å². The number of aliphatic hydroxyl groups is 7. The second-order valence-corrected chi connectivity index (χ2v) is 8.79. The smallest absolute Gasteiger partial charge is 0.187 e. The normalized spacial score (nSPS) is 53.7. The molecule has 1 unspecified atom stereocenters. The molecule has 0 aromatic carbocycles. The maximum atomic E-state index is 10.9. The van der Waals surface area contributed by atoms with Crippen molar-refractivity contribution in [1.82, 2.24) is 0 Å². The molecule has 0 amide bonds. The van der Waals surface area contributed by atoms with Gasteiger partial charge in [0.15, 0.2) is 12.6 Å². The average molecular weight is 485 g/mol. The molecule has 33 heavy (non-hydrogen) atoms. The Morgan fingerprint density at radius 3 is 1.70 bits per heavy atom. The van der Waals surface area contributed by atoms with Gasteiger partial charge in [-0.05, 0) is 6.42 Å². The Hall–Kier alpha value is -0.600. The van der Waals surface area contributed by atoms with Gasteiger partial charge >= 0.3 is 0 Å². The number of rotatable bonds is 6. The van der Waals surface area contributed by atoms with E-state index < -0.39 is 98.4 Å². The molecular formula is C18H36N4O11. The zero-order chi connectivity index (χ0) is 24.6. The SMILES string of the molecule is NC[C@H]1OC(O[C@@H]2[C@@H](O)[C@H](O[C@H]3O[C@H](CO)[C@@H](O)[C@H](N)[C@H]3O)[C@@H](N)C[C@H]2N)[C@H](O)[C@@H](O)[C@@H]1O. The summed E-state index contributed by atoms with van der Waals surface area (Å²) in [5.41, 5.74) is 23.5. The molecule has 3 fully saturated rings. The first kappa shape index (κ1) is 27.0. The lowest BCUT2D eigenvalue weighted by Crippen LogP contribution is -2.68. The monoisotopic (exact) mass is 484 g/mol. The molecular weight excluding hydrogens is 448 g/mol. The highest BCUT2D eigenvalue weighted by Gasteiger charge is 2.51. The Bertz CT molecular complexity index is 584. The van der Waals surface area contributed by atoms with Crippen LogP contribution in [0.2, 0.25) is 0 Å². The molecule has 15 nitrogen and oxygen atoms in total. The van der Waals surface area contributed by atoms with E-state index >= 15 is 0 Å². The van der Waals surface area contributed by atoms with Crippen LogP contribution in [0.5, 0.6) is 0 Å². The maximum Gasteiger partial charge on any atom is 0.187 e. The first-order valence-corrected chi connectivity index (χ1v) is 10.8. The van der Waals surface area contributed by atoms with E-state index in [1.54, 1.807) is 0 Å². The maximum absolute atomic E-state index is 10.9. The lowest BCUT2D eigenvalue weighted by Gasteiger charge is -2.48. The van der Waals surface area contributed by atoms with Crippen LogP contribution in [0, 0.1) is 0 Å². The van der Waals surface area contributed by atoms with Crippen molar-refractivity contribution in [2.75, 3.05) is 13.2 Å². The van der Waals surface area contributed by atoms with Gasteiger partial charge in [-0.2, -0.15) is 0 Å². The fourth-order valence-corrected chi connectivity index (χ4v) is 4.40. The van der Waals surface area contributed by atoms with Crippen LogP contribution in [0.15, 0.2) is 0 Å². The third-order valence-electron chi connectivity index (χ3n) is 6.48. The van der Waals surface area contributed by atoms with Crippen molar-refractivity contribution >= 4 is 0 Å². The Labute approximate surface area is 189 Å². The Morgan fingerprint density at radius 2 is 1.18 bits per heavy atom. The summed E-state index contributed by atoms with van der Waals surface area (Å²) in [5.74, 6) is 0. The molecule has 0 spiro atoms. The number of ether oxygens (including phenoxy) is 4. The molecule has 3 rings (SSSR count). The number of hydrogen-bond acceptors (Lipinski definition) is 15. The van der Waals surface area contributed by atoms with Crippen molar-refractivity contribution in [3.8, 4) is 0 Å². The van der Waals surface area contributed by atoms with Gasteiger partial charge in [0.2, 0.25) is 0 Å². The topological polar surface area (TPSA) is 283 Å². The third kappa shape index (κ3) is 5.32. The van der Waals surface area contributed by atoms with Crippen molar-refractivity contribution in [2.45, 2.75) is 98.2 Å². The first-order valence-electron chi connectivity index (χ1n) is 10.8. The van der Waals surface area contributed by atoms with E-state index in [0.29, 0.717) is 0 Å². The van der Waals surface area contributed by atoms with E-state index in [0.717, 1.165) is 0 Å². The summed E-state index contributed by atoms with van der Waals surface area (Å²) in [4.78, 5) is 0. The van der Waals surface area contributed by atoms with Crippen LogP contribution < -0.4 is 22.9 Å². The van der Waals surface area contributed by atoms with Gasteiger partial charge in [-0.25, -0.2) is 0 Å². The van der Waals surface area contributed by atoms with Crippen molar-refractivity contribution in [3.63, 3.8) is 0 Å². The van der Waals surface area contributed by atoms with Crippen LogP contribution in [0.4, 0.5) is 0 Å². The van der Waals surface area contributed by atoms with Gasteiger partial charge in [-0.3, -0.25) is 0 Å². The number of aliphatic hydroxyl groups excluding tert-OH is 7. The molecule has 15 N–H and O–H groups in total. The summed E-state index contributed by atoms with van der Waals surface area (Å²) in [7, 11) is 0. The van der Waals surface area contributed by atoms with E-state index in [9.17, 15) is 35.7 Å². The highest BCUT2D eigenvalue weighted by molar-refractivity contribution is 5.01.